The first-order valence-corrected chi connectivity index (χ1v) is 7.56. The second-order valence-corrected chi connectivity index (χ2v) is 5.45. The zero-order chi connectivity index (χ0) is 15.1. The van der Waals surface area contributed by atoms with Crippen molar-refractivity contribution in [2.75, 3.05) is 6.61 Å². The van der Waals surface area contributed by atoms with Gasteiger partial charge in [-0.05, 0) is 24.5 Å². The molecule has 1 aromatic carbocycles. The van der Waals surface area contributed by atoms with E-state index in [0.717, 1.165) is 24.9 Å². The molecular formula is C18H24N2O. The zero-order valence-corrected chi connectivity index (χ0v) is 12.9. The Kier molecular flexibility index (Phi) is 5.76. The Hall–Kier alpha value is -1.87. The summed E-state index contributed by atoms with van der Waals surface area (Å²) in [6.07, 6.45) is 3.85. The quantitative estimate of drug-likeness (QED) is 0.586. The van der Waals surface area contributed by atoms with Crippen LogP contribution < -0.4 is 10.1 Å². The fourth-order valence-corrected chi connectivity index (χ4v) is 2.16. The Morgan fingerprint density at radius 2 is 2.14 bits per heavy atom. The third kappa shape index (κ3) is 4.57. The van der Waals surface area contributed by atoms with Gasteiger partial charge >= 0.3 is 0 Å². The van der Waals surface area contributed by atoms with Gasteiger partial charge in [0.05, 0.1) is 12.1 Å². The molecule has 0 fully saturated rings. The normalized spacial score (nSPS) is 11.0. The lowest BCUT2D eigenvalue weighted by atomic mass is 10.1. The maximum Gasteiger partial charge on any atom is 0.214 e. The first kappa shape index (κ1) is 15.5. The summed E-state index contributed by atoms with van der Waals surface area (Å²) in [6.45, 7) is 9.52. The van der Waals surface area contributed by atoms with Gasteiger partial charge in [0.2, 0.25) is 5.88 Å². The van der Waals surface area contributed by atoms with Gasteiger partial charge in [0.25, 0.3) is 0 Å². The van der Waals surface area contributed by atoms with E-state index in [0.29, 0.717) is 18.5 Å². The number of allylic oxidation sites excluding steroid dienone is 1. The minimum atomic E-state index is 0.453. The summed E-state index contributed by atoms with van der Waals surface area (Å²) < 4.78 is 5.78. The molecule has 1 heterocycles. The summed E-state index contributed by atoms with van der Waals surface area (Å²) in [5.74, 6) is 0.707. The molecule has 0 atom stereocenters. The van der Waals surface area contributed by atoms with Gasteiger partial charge in [0.15, 0.2) is 0 Å². The SMILES string of the molecule is C=CCCCOc1cc(CNC(C)C)c2ccccc2n1. The summed E-state index contributed by atoms with van der Waals surface area (Å²) in [4.78, 5) is 4.58. The lowest BCUT2D eigenvalue weighted by molar-refractivity contribution is 0.301. The Labute approximate surface area is 127 Å². The van der Waals surface area contributed by atoms with Crippen molar-refractivity contribution in [3.63, 3.8) is 0 Å². The molecule has 0 radical (unpaired) electrons. The van der Waals surface area contributed by atoms with Crippen LogP contribution in [0.4, 0.5) is 0 Å². The topological polar surface area (TPSA) is 34.1 Å². The van der Waals surface area contributed by atoms with Crippen LogP contribution in [0.1, 0.15) is 32.3 Å². The molecule has 1 aromatic heterocycles. The predicted octanol–water partition coefficient (Wildman–Crippen LogP) is 4.08. The third-order valence-corrected chi connectivity index (χ3v) is 3.28. The van der Waals surface area contributed by atoms with Crippen LogP contribution in [-0.4, -0.2) is 17.6 Å². The fourth-order valence-electron chi connectivity index (χ4n) is 2.16. The molecule has 0 aliphatic rings. The second-order valence-electron chi connectivity index (χ2n) is 5.45. The molecule has 3 nitrogen and oxygen atoms in total. The average molecular weight is 284 g/mol. The number of nitrogens with one attached hydrogen (secondary N) is 1. The van der Waals surface area contributed by atoms with E-state index in [1.165, 1.54) is 10.9 Å². The molecule has 1 N–H and O–H groups in total. The first-order valence-electron chi connectivity index (χ1n) is 7.56. The molecule has 0 saturated heterocycles. The number of benzene rings is 1. The third-order valence-electron chi connectivity index (χ3n) is 3.28. The van der Waals surface area contributed by atoms with Crippen molar-refractivity contribution in [2.45, 2.75) is 39.3 Å². The van der Waals surface area contributed by atoms with Crippen molar-refractivity contribution < 1.29 is 4.74 Å². The van der Waals surface area contributed by atoms with Crippen molar-refractivity contribution in [3.05, 3.63) is 48.6 Å². The van der Waals surface area contributed by atoms with E-state index in [1.54, 1.807) is 0 Å². The van der Waals surface area contributed by atoms with E-state index >= 15 is 0 Å². The van der Waals surface area contributed by atoms with Gasteiger partial charge in [-0.3, -0.25) is 0 Å². The maximum absolute atomic E-state index is 5.78. The van der Waals surface area contributed by atoms with Gasteiger partial charge in [0, 0.05) is 24.0 Å². The molecule has 0 amide bonds. The van der Waals surface area contributed by atoms with E-state index < -0.39 is 0 Å². The van der Waals surface area contributed by atoms with Crippen molar-refractivity contribution in [3.8, 4) is 5.88 Å². The van der Waals surface area contributed by atoms with Crippen LogP contribution in [0.3, 0.4) is 0 Å². The van der Waals surface area contributed by atoms with Crippen LogP contribution in [0.5, 0.6) is 5.88 Å². The molecule has 21 heavy (non-hydrogen) atoms. The van der Waals surface area contributed by atoms with E-state index in [2.05, 4.69) is 36.8 Å². The van der Waals surface area contributed by atoms with E-state index in [-0.39, 0.29) is 0 Å². The van der Waals surface area contributed by atoms with E-state index in [9.17, 15) is 0 Å². The van der Waals surface area contributed by atoms with Crippen molar-refractivity contribution >= 4 is 10.9 Å². The van der Waals surface area contributed by atoms with Crippen LogP contribution >= 0.6 is 0 Å². The molecular weight excluding hydrogens is 260 g/mol. The number of hydrogen-bond donors (Lipinski definition) is 1. The Morgan fingerprint density at radius 3 is 2.90 bits per heavy atom. The number of rotatable bonds is 8. The molecule has 0 spiro atoms. The smallest absolute Gasteiger partial charge is 0.214 e. The Bertz CT molecular complexity index is 593. The van der Waals surface area contributed by atoms with Gasteiger partial charge in [-0.1, -0.05) is 38.1 Å². The van der Waals surface area contributed by atoms with E-state index in [1.807, 2.05) is 30.3 Å². The van der Waals surface area contributed by atoms with Crippen LogP contribution in [-0.2, 0) is 6.54 Å². The summed E-state index contributed by atoms with van der Waals surface area (Å²) in [6, 6.07) is 10.7. The highest BCUT2D eigenvalue weighted by Gasteiger charge is 2.07. The van der Waals surface area contributed by atoms with Crippen LogP contribution in [0, 0.1) is 0 Å². The van der Waals surface area contributed by atoms with Crippen molar-refractivity contribution in [1.82, 2.24) is 10.3 Å². The number of fused-ring (bicyclic) bond motifs is 1. The van der Waals surface area contributed by atoms with Gasteiger partial charge in [-0.25, -0.2) is 4.98 Å². The fraction of sp³-hybridized carbons (Fsp3) is 0.389. The largest absolute Gasteiger partial charge is 0.478 e. The van der Waals surface area contributed by atoms with E-state index in [4.69, 9.17) is 4.74 Å². The minimum absolute atomic E-state index is 0.453. The lowest BCUT2D eigenvalue weighted by Crippen LogP contribution is -2.22. The molecule has 0 unspecified atom stereocenters. The number of hydrogen-bond acceptors (Lipinski definition) is 3. The molecule has 2 rings (SSSR count). The van der Waals surface area contributed by atoms with Crippen LogP contribution in [0.2, 0.25) is 0 Å². The first-order chi connectivity index (χ1) is 10.2. The Morgan fingerprint density at radius 1 is 1.33 bits per heavy atom. The highest BCUT2D eigenvalue weighted by Crippen LogP contribution is 2.22. The van der Waals surface area contributed by atoms with Crippen LogP contribution in [0.25, 0.3) is 10.9 Å². The molecule has 112 valence electrons. The number of para-hydroxylation sites is 1. The molecule has 0 aliphatic heterocycles. The van der Waals surface area contributed by atoms with Gasteiger partial charge in [-0.15, -0.1) is 6.58 Å². The summed E-state index contributed by atoms with van der Waals surface area (Å²) in [7, 11) is 0. The minimum Gasteiger partial charge on any atom is -0.478 e. The molecule has 0 aliphatic carbocycles. The number of pyridine rings is 1. The Balaban J connectivity index is 2.19. The molecule has 0 bridgehead atoms. The molecule has 3 heteroatoms. The number of ether oxygens (including phenoxy) is 1. The van der Waals surface area contributed by atoms with Crippen molar-refractivity contribution in [1.29, 1.82) is 0 Å². The second kappa shape index (κ2) is 7.79. The average Bonchev–Trinajstić information content (AvgIpc) is 2.49. The molecule has 2 aromatic rings. The van der Waals surface area contributed by atoms with Crippen molar-refractivity contribution in [2.24, 2.45) is 0 Å². The van der Waals surface area contributed by atoms with Gasteiger partial charge in [-0.2, -0.15) is 0 Å². The monoisotopic (exact) mass is 284 g/mol. The van der Waals surface area contributed by atoms with Crippen LogP contribution in [0.15, 0.2) is 43.0 Å². The highest BCUT2D eigenvalue weighted by molar-refractivity contribution is 5.82. The number of aromatic nitrogens is 1. The summed E-state index contributed by atoms with van der Waals surface area (Å²) in [5.41, 5.74) is 2.22. The summed E-state index contributed by atoms with van der Waals surface area (Å²) >= 11 is 0. The highest BCUT2D eigenvalue weighted by atomic mass is 16.5. The number of unbranched alkanes of at least 4 members (excludes halogenated alkanes) is 1. The molecule has 0 saturated carbocycles. The lowest BCUT2D eigenvalue weighted by Gasteiger charge is -2.13. The van der Waals surface area contributed by atoms with Gasteiger partial charge in [0.1, 0.15) is 0 Å². The maximum atomic E-state index is 5.78. The van der Waals surface area contributed by atoms with Gasteiger partial charge < -0.3 is 10.1 Å². The standard InChI is InChI=1S/C18H24N2O/c1-4-5-8-11-21-18-12-15(13-19-14(2)3)16-9-6-7-10-17(16)20-18/h4,6-7,9-10,12,14,19H,1,5,8,11,13H2,2-3H3. The number of nitrogens with zero attached hydrogens (tertiary/aromatic N) is 1. The predicted molar refractivity (Wildman–Crippen MR) is 88.6 cm³/mol. The zero-order valence-electron chi connectivity index (χ0n) is 12.9. The summed E-state index contributed by atoms with van der Waals surface area (Å²) in [5, 5.41) is 4.65.